The number of imide groups is 1. The molecule has 18 heteroatoms. The fourth-order valence-corrected chi connectivity index (χ4v) is 5.33. The van der Waals surface area contributed by atoms with Crippen molar-refractivity contribution in [1.29, 1.82) is 0 Å². The quantitative estimate of drug-likeness (QED) is 0.115. The van der Waals surface area contributed by atoms with Crippen LogP contribution in [0.2, 0.25) is 5.02 Å². The molecule has 0 bridgehead atoms. The Morgan fingerprint density at radius 2 is 1.91 bits per heavy atom. The van der Waals surface area contributed by atoms with E-state index < -0.39 is 88.5 Å². The summed E-state index contributed by atoms with van der Waals surface area (Å²) in [6.07, 6.45) is -0.104. The van der Waals surface area contributed by atoms with E-state index in [-0.39, 0.29) is 43.6 Å². The molecule has 0 radical (unpaired) electrons. The minimum atomic E-state index is -1.87. The summed E-state index contributed by atoms with van der Waals surface area (Å²) in [7, 11) is -1.87. The van der Waals surface area contributed by atoms with Crippen LogP contribution in [0.15, 0.2) is 24.3 Å². The normalized spacial score (nSPS) is 18.8. The fourth-order valence-electron chi connectivity index (χ4n) is 5.06. The number of carbonyl (C=O) groups is 5. The van der Waals surface area contributed by atoms with Crippen molar-refractivity contribution in [3.8, 4) is 17.2 Å². The summed E-state index contributed by atoms with van der Waals surface area (Å²) in [5, 5.41) is 44.3. The van der Waals surface area contributed by atoms with E-state index in [1.165, 1.54) is 11.0 Å². The number of phenolic OH excluding ortho intramolecular Hbond substituents is 2. The number of carbonyl (C=O) groups excluding carboxylic acids is 4. The van der Waals surface area contributed by atoms with Crippen LogP contribution in [0.25, 0.3) is 0 Å². The second kappa shape index (κ2) is 12.9. The summed E-state index contributed by atoms with van der Waals surface area (Å²) in [5.74, 6) is -9.06. The first kappa shape index (κ1) is 32.3. The van der Waals surface area contributed by atoms with Crippen LogP contribution in [0, 0.1) is 5.82 Å². The molecule has 2 aliphatic rings. The number of phenols is 2. The molecule has 2 heterocycles. The number of carboxylic acids is 1. The highest BCUT2D eigenvalue weighted by Crippen LogP contribution is 2.39. The lowest BCUT2D eigenvalue weighted by molar-refractivity contribution is -0.156. The average Bonchev–Trinajstić information content (AvgIpc) is 2.97. The number of likely N-dealkylation sites (N-methyl/N-ethyl adjacent to an activating group) is 1. The number of nitrogens with two attached hydrogens (primary N) is 1. The summed E-state index contributed by atoms with van der Waals surface area (Å²) in [6.45, 7) is 1.90. The molecule has 1 saturated heterocycles. The highest BCUT2D eigenvalue weighted by Gasteiger charge is 2.44. The van der Waals surface area contributed by atoms with Gasteiger partial charge in [0.05, 0.1) is 17.0 Å². The number of aromatic hydroxyl groups is 2. The Labute approximate surface area is 254 Å². The number of hydrogen-bond acceptors (Lipinski definition) is 10. The molecular weight excluding hydrogens is 608 g/mol. The van der Waals surface area contributed by atoms with Gasteiger partial charge in [0.15, 0.2) is 11.5 Å². The van der Waals surface area contributed by atoms with Gasteiger partial charge in [-0.15, -0.1) is 0 Å². The van der Waals surface area contributed by atoms with Crippen molar-refractivity contribution in [1.82, 2.24) is 20.4 Å². The number of aromatic carboxylic acids is 1. The van der Waals surface area contributed by atoms with E-state index in [1.54, 1.807) is 6.92 Å². The van der Waals surface area contributed by atoms with Crippen molar-refractivity contribution in [3.63, 3.8) is 0 Å². The Morgan fingerprint density at radius 1 is 1.20 bits per heavy atom. The molecule has 4 rings (SSSR count). The molecule has 0 spiro atoms. The number of nitrogens with zero attached hydrogens (tertiary/aromatic N) is 2. The monoisotopic (exact) mass is 635 g/mol. The molecule has 0 aromatic heterocycles. The Balaban J connectivity index is 1.66. The van der Waals surface area contributed by atoms with Crippen LogP contribution in [0.3, 0.4) is 0 Å². The van der Waals surface area contributed by atoms with Crippen LogP contribution in [0.1, 0.15) is 40.9 Å². The van der Waals surface area contributed by atoms with Crippen molar-refractivity contribution in [2.75, 3.05) is 19.6 Å². The number of hydrogen-bond donors (Lipinski definition) is 7. The molecule has 15 nitrogen and oxygen atoms in total. The van der Waals surface area contributed by atoms with E-state index in [2.05, 4.69) is 10.6 Å². The Kier molecular flexibility index (Phi) is 9.51. The third-order valence-electron chi connectivity index (χ3n) is 7.30. The van der Waals surface area contributed by atoms with Crippen LogP contribution < -0.4 is 21.0 Å². The van der Waals surface area contributed by atoms with E-state index in [4.69, 9.17) is 22.0 Å². The Bertz CT molecular complexity index is 1530. The van der Waals surface area contributed by atoms with Gasteiger partial charge in [0.1, 0.15) is 23.2 Å². The molecule has 2 aromatic carbocycles. The highest BCUT2D eigenvalue weighted by atomic mass is 35.5. The molecular formula is C26H28BClFN5O10. The molecule has 1 unspecified atom stereocenters. The number of amides is 5. The maximum atomic E-state index is 14.1. The largest absolute Gasteiger partial charge is 0.547 e. The zero-order valence-electron chi connectivity index (χ0n) is 23.1. The summed E-state index contributed by atoms with van der Waals surface area (Å²) in [6, 6.07) is 0.409. The molecule has 8 N–H and O–H groups in total. The van der Waals surface area contributed by atoms with E-state index in [9.17, 15) is 48.7 Å². The lowest BCUT2D eigenvalue weighted by Gasteiger charge is -2.39. The van der Waals surface area contributed by atoms with Gasteiger partial charge in [-0.05, 0) is 44.0 Å². The Hall–Kier alpha value is -4.61. The topological polar surface area (TPSA) is 232 Å². The molecule has 1 fully saturated rings. The molecule has 2 aliphatic heterocycles. The zero-order valence-corrected chi connectivity index (χ0v) is 23.9. The van der Waals surface area contributed by atoms with Crippen molar-refractivity contribution in [2.45, 2.75) is 37.8 Å². The Morgan fingerprint density at radius 3 is 2.55 bits per heavy atom. The van der Waals surface area contributed by atoms with Gasteiger partial charge in [-0.25, -0.2) is 14.0 Å². The van der Waals surface area contributed by atoms with E-state index in [1.807, 2.05) is 0 Å². The first-order valence-corrected chi connectivity index (χ1v) is 13.7. The number of piperazine rings is 1. The van der Waals surface area contributed by atoms with Crippen LogP contribution in [0.5, 0.6) is 17.2 Å². The van der Waals surface area contributed by atoms with Crippen molar-refractivity contribution in [3.05, 3.63) is 51.8 Å². The number of benzene rings is 2. The molecule has 234 valence electrons. The summed E-state index contributed by atoms with van der Waals surface area (Å²) in [5.41, 5.74) is 4.76. The van der Waals surface area contributed by atoms with Gasteiger partial charge < -0.3 is 46.3 Å². The predicted molar refractivity (Wildman–Crippen MR) is 150 cm³/mol. The second-order valence-corrected chi connectivity index (χ2v) is 10.4. The van der Waals surface area contributed by atoms with Gasteiger partial charge >= 0.3 is 30.9 Å². The minimum absolute atomic E-state index is 0.00670. The van der Waals surface area contributed by atoms with E-state index in [0.29, 0.717) is 4.90 Å². The molecule has 5 amide bonds. The fraction of sp³-hybridized carbons (Fsp3) is 0.346. The number of urea groups is 1. The summed E-state index contributed by atoms with van der Waals surface area (Å²) in [4.78, 5) is 66.2. The number of halogens is 2. The van der Waals surface area contributed by atoms with Crippen LogP contribution in [-0.2, 0) is 20.8 Å². The number of rotatable bonds is 8. The zero-order chi connectivity index (χ0) is 32.5. The van der Waals surface area contributed by atoms with Crippen LogP contribution in [0.4, 0.5) is 9.18 Å². The maximum absolute atomic E-state index is 14.1. The van der Waals surface area contributed by atoms with Gasteiger partial charge in [0.2, 0.25) is 5.91 Å². The predicted octanol–water partition coefficient (Wildman–Crippen LogP) is -0.113. The van der Waals surface area contributed by atoms with E-state index >= 15 is 0 Å². The minimum Gasteiger partial charge on any atom is -0.534 e. The summed E-state index contributed by atoms with van der Waals surface area (Å²) < 4.78 is 19.4. The van der Waals surface area contributed by atoms with Crippen LogP contribution in [-0.4, -0.2) is 98.6 Å². The summed E-state index contributed by atoms with van der Waals surface area (Å²) >= 11 is 6.21. The third kappa shape index (κ3) is 6.06. The molecule has 0 saturated carbocycles. The maximum Gasteiger partial charge on any atom is 0.547 e. The lowest BCUT2D eigenvalue weighted by Crippen LogP contribution is -2.64. The van der Waals surface area contributed by atoms with Gasteiger partial charge in [-0.2, -0.15) is 0 Å². The van der Waals surface area contributed by atoms with Crippen LogP contribution >= 0.6 is 11.6 Å². The van der Waals surface area contributed by atoms with E-state index in [0.717, 1.165) is 18.2 Å². The number of nitrogens with one attached hydrogen (secondary N) is 2. The van der Waals surface area contributed by atoms with Crippen molar-refractivity contribution in [2.24, 2.45) is 5.73 Å². The number of fused-ring (bicyclic) bond motifs is 1. The second-order valence-electron chi connectivity index (χ2n) is 10.0. The van der Waals surface area contributed by atoms with Crippen molar-refractivity contribution < 1.29 is 53.4 Å². The smallest absolute Gasteiger partial charge is 0.534 e. The molecule has 3 atom stereocenters. The first-order chi connectivity index (χ1) is 20.8. The molecule has 44 heavy (non-hydrogen) atoms. The van der Waals surface area contributed by atoms with Gasteiger partial charge in [0, 0.05) is 18.7 Å². The molecule has 0 aliphatic carbocycles. The average molecular weight is 636 g/mol. The van der Waals surface area contributed by atoms with Gasteiger partial charge in [-0.1, -0.05) is 23.7 Å². The SMILES string of the molecule is CCN1C[C@H](CCN)N(C(=O)NC(C(=O)N[C@H]2Cc3ccc(F)c(C(=O)O)c3OB2O)c2ccc(O)c(O)c2Cl)C(=O)C1=O. The first-order valence-electron chi connectivity index (χ1n) is 13.3. The standard InChI is InChI=1S/C26H28BClFN5O10/c1-2-33-10-12(7-8-30)34(24(39)23(33)38)26(42)32-19(13-4-6-15(35)20(36)18(13)28)22(37)31-16-9-11-3-5-14(29)17(25(40)41)21(11)44-27(16)43/h3-6,12,16,19,35-36,43H,2,7-10,30H2,1H3,(H,31,37)(H,32,42)(H,40,41)/t12-,16-,19?/m0/s1. The van der Waals surface area contributed by atoms with Crippen molar-refractivity contribution >= 4 is 48.4 Å². The highest BCUT2D eigenvalue weighted by molar-refractivity contribution is 6.47. The number of carboxylic acid groups (broad SMARTS) is 1. The van der Waals surface area contributed by atoms with Gasteiger partial charge in [-0.3, -0.25) is 19.3 Å². The third-order valence-corrected chi connectivity index (χ3v) is 7.70. The lowest BCUT2D eigenvalue weighted by atomic mass is 9.72. The molecule has 2 aromatic rings. The van der Waals surface area contributed by atoms with Gasteiger partial charge in [0.25, 0.3) is 0 Å².